The van der Waals surface area contributed by atoms with Crippen LogP contribution in [0, 0.1) is 0 Å². The standard InChI is InChI=1S/C11H20O2/c1-5-11(4,12)8-6-7-9-10(2,3)13-9/h5,9,12H,1,6-8H2,2-4H3/t9?,11-/m1/s1. The summed E-state index contributed by atoms with van der Waals surface area (Å²) in [5, 5.41) is 9.63. The summed E-state index contributed by atoms with van der Waals surface area (Å²) in [6.07, 6.45) is 4.80. The molecule has 0 aromatic rings. The number of ether oxygens (including phenoxy) is 1. The van der Waals surface area contributed by atoms with Crippen LogP contribution in [-0.2, 0) is 4.74 Å². The van der Waals surface area contributed by atoms with Crippen molar-refractivity contribution in [3.63, 3.8) is 0 Å². The van der Waals surface area contributed by atoms with E-state index in [2.05, 4.69) is 20.4 Å². The van der Waals surface area contributed by atoms with E-state index in [0.717, 1.165) is 19.3 Å². The van der Waals surface area contributed by atoms with Gasteiger partial charge in [0, 0.05) is 0 Å². The van der Waals surface area contributed by atoms with E-state index in [4.69, 9.17) is 4.74 Å². The second-order valence-electron chi connectivity index (χ2n) is 4.66. The zero-order chi connectivity index (χ0) is 10.1. The van der Waals surface area contributed by atoms with Gasteiger partial charge in [0.25, 0.3) is 0 Å². The Bertz CT molecular complexity index is 194. The van der Waals surface area contributed by atoms with Crippen molar-refractivity contribution in [3.8, 4) is 0 Å². The van der Waals surface area contributed by atoms with Crippen molar-refractivity contribution in [2.75, 3.05) is 0 Å². The fourth-order valence-electron chi connectivity index (χ4n) is 1.49. The molecule has 2 heteroatoms. The molecule has 0 aromatic carbocycles. The van der Waals surface area contributed by atoms with Crippen molar-refractivity contribution in [1.29, 1.82) is 0 Å². The van der Waals surface area contributed by atoms with Gasteiger partial charge >= 0.3 is 0 Å². The predicted octanol–water partition coefficient (Wildman–Crippen LogP) is 2.27. The summed E-state index contributed by atoms with van der Waals surface area (Å²) in [6, 6.07) is 0. The summed E-state index contributed by atoms with van der Waals surface area (Å²) < 4.78 is 5.45. The molecule has 0 aliphatic carbocycles. The van der Waals surface area contributed by atoms with Crippen molar-refractivity contribution >= 4 is 0 Å². The van der Waals surface area contributed by atoms with Gasteiger partial charge in [0.15, 0.2) is 0 Å². The van der Waals surface area contributed by atoms with Gasteiger partial charge in [0.2, 0.25) is 0 Å². The Morgan fingerprint density at radius 2 is 2.15 bits per heavy atom. The van der Waals surface area contributed by atoms with Crippen LogP contribution in [0.5, 0.6) is 0 Å². The molecule has 0 radical (unpaired) electrons. The summed E-state index contributed by atoms with van der Waals surface area (Å²) >= 11 is 0. The summed E-state index contributed by atoms with van der Waals surface area (Å²) in [5.41, 5.74) is -0.626. The van der Waals surface area contributed by atoms with Gasteiger partial charge in [-0.2, -0.15) is 0 Å². The fraction of sp³-hybridized carbons (Fsp3) is 0.818. The molecule has 0 spiro atoms. The van der Waals surface area contributed by atoms with Crippen LogP contribution in [0.25, 0.3) is 0 Å². The molecule has 0 saturated carbocycles. The van der Waals surface area contributed by atoms with Crippen molar-refractivity contribution in [2.24, 2.45) is 0 Å². The zero-order valence-electron chi connectivity index (χ0n) is 8.84. The Balaban J connectivity index is 2.12. The average molecular weight is 184 g/mol. The maximum atomic E-state index is 9.63. The Morgan fingerprint density at radius 3 is 2.54 bits per heavy atom. The monoisotopic (exact) mass is 184 g/mol. The van der Waals surface area contributed by atoms with E-state index >= 15 is 0 Å². The van der Waals surface area contributed by atoms with Crippen molar-refractivity contribution < 1.29 is 9.84 Å². The third kappa shape index (κ3) is 3.12. The highest BCUT2D eigenvalue weighted by Crippen LogP contribution is 2.38. The van der Waals surface area contributed by atoms with Crippen molar-refractivity contribution in [2.45, 2.75) is 57.3 Å². The Labute approximate surface area is 80.6 Å². The quantitative estimate of drug-likeness (QED) is 0.525. The molecule has 1 unspecified atom stereocenters. The fourth-order valence-corrected chi connectivity index (χ4v) is 1.49. The van der Waals surface area contributed by atoms with Crippen LogP contribution in [0.4, 0.5) is 0 Å². The molecule has 1 aliphatic rings. The number of hydrogen-bond acceptors (Lipinski definition) is 2. The summed E-state index contributed by atoms with van der Waals surface area (Å²) in [5.74, 6) is 0. The summed E-state index contributed by atoms with van der Waals surface area (Å²) in [4.78, 5) is 0. The largest absolute Gasteiger partial charge is 0.386 e. The molecule has 1 aliphatic heterocycles. The lowest BCUT2D eigenvalue weighted by atomic mass is 9.97. The van der Waals surface area contributed by atoms with Crippen LogP contribution in [0.15, 0.2) is 12.7 Å². The Hall–Kier alpha value is -0.340. The molecule has 1 fully saturated rings. The molecule has 2 atom stereocenters. The minimum atomic E-state index is -0.709. The second kappa shape index (κ2) is 3.43. The Kier molecular flexibility index (Phi) is 2.83. The van der Waals surface area contributed by atoms with Crippen LogP contribution in [0.2, 0.25) is 0 Å². The van der Waals surface area contributed by atoms with Crippen molar-refractivity contribution in [3.05, 3.63) is 12.7 Å². The van der Waals surface area contributed by atoms with E-state index in [-0.39, 0.29) is 5.60 Å². The summed E-state index contributed by atoms with van der Waals surface area (Å²) in [6.45, 7) is 9.58. The minimum Gasteiger partial charge on any atom is -0.386 e. The van der Waals surface area contributed by atoms with E-state index in [0.29, 0.717) is 6.10 Å². The minimum absolute atomic E-state index is 0.0834. The highest BCUT2D eigenvalue weighted by molar-refractivity contribution is 4.96. The molecule has 1 N–H and O–H groups in total. The number of aliphatic hydroxyl groups is 1. The van der Waals surface area contributed by atoms with Crippen LogP contribution in [0.3, 0.4) is 0 Å². The number of hydrogen-bond donors (Lipinski definition) is 1. The van der Waals surface area contributed by atoms with Gasteiger partial charge in [-0.1, -0.05) is 6.08 Å². The van der Waals surface area contributed by atoms with Gasteiger partial charge in [-0.05, 0) is 40.0 Å². The van der Waals surface area contributed by atoms with E-state index in [1.807, 2.05) is 0 Å². The third-order valence-corrected chi connectivity index (χ3v) is 2.75. The number of epoxide rings is 1. The smallest absolute Gasteiger partial charge is 0.0892 e. The van der Waals surface area contributed by atoms with Gasteiger partial charge in [0.05, 0.1) is 17.3 Å². The van der Waals surface area contributed by atoms with Crippen LogP contribution < -0.4 is 0 Å². The van der Waals surface area contributed by atoms with Crippen LogP contribution in [-0.4, -0.2) is 22.4 Å². The molecule has 1 saturated heterocycles. The lowest BCUT2D eigenvalue weighted by molar-refractivity contribution is 0.0983. The lowest BCUT2D eigenvalue weighted by Crippen LogP contribution is -2.20. The van der Waals surface area contributed by atoms with E-state index in [1.54, 1.807) is 13.0 Å². The van der Waals surface area contributed by atoms with Gasteiger partial charge in [0.1, 0.15) is 0 Å². The van der Waals surface area contributed by atoms with Crippen molar-refractivity contribution in [1.82, 2.24) is 0 Å². The third-order valence-electron chi connectivity index (χ3n) is 2.75. The topological polar surface area (TPSA) is 32.8 Å². The van der Waals surface area contributed by atoms with E-state index < -0.39 is 5.60 Å². The molecule has 0 aromatic heterocycles. The molecule has 2 nitrogen and oxygen atoms in total. The molecular formula is C11H20O2. The van der Waals surface area contributed by atoms with Gasteiger partial charge in [-0.15, -0.1) is 6.58 Å². The van der Waals surface area contributed by atoms with Crippen LogP contribution >= 0.6 is 0 Å². The molecular weight excluding hydrogens is 164 g/mol. The first kappa shape index (κ1) is 10.7. The van der Waals surface area contributed by atoms with E-state index in [9.17, 15) is 5.11 Å². The van der Waals surface area contributed by atoms with Crippen LogP contribution in [0.1, 0.15) is 40.0 Å². The molecule has 0 amide bonds. The maximum Gasteiger partial charge on any atom is 0.0892 e. The van der Waals surface area contributed by atoms with Gasteiger partial charge < -0.3 is 9.84 Å². The molecule has 13 heavy (non-hydrogen) atoms. The normalized spacial score (nSPS) is 29.4. The van der Waals surface area contributed by atoms with Gasteiger partial charge in [-0.3, -0.25) is 0 Å². The molecule has 0 bridgehead atoms. The maximum absolute atomic E-state index is 9.63. The summed E-state index contributed by atoms with van der Waals surface area (Å²) in [7, 11) is 0. The Morgan fingerprint density at radius 1 is 1.62 bits per heavy atom. The average Bonchev–Trinajstić information content (AvgIpc) is 2.59. The lowest BCUT2D eigenvalue weighted by Gasteiger charge is -2.17. The predicted molar refractivity (Wildman–Crippen MR) is 53.6 cm³/mol. The zero-order valence-corrected chi connectivity index (χ0v) is 8.84. The SMILES string of the molecule is C=C[C@@](C)(O)CCCC1OC1(C)C. The molecule has 1 rings (SSSR count). The second-order valence-corrected chi connectivity index (χ2v) is 4.66. The first-order valence-corrected chi connectivity index (χ1v) is 4.91. The highest BCUT2D eigenvalue weighted by atomic mass is 16.6. The van der Waals surface area contributed by atoms with Gasteiger partial charge in [-0.25, -0.2) is 0 Å². The molecule has 1 heterocycles. The first-order valence-electron chi connectivity index (χ1n) is 4.91. The first-order chi connectivity index (χ1) is 5.87. The van der Waals surface area contributed by atoms with E-state index in [1.165, 1.54) is 0 Å². The molecule has 76 valence electrons. The number of rotatable bonds is 5. The highest BCUT2D eigenvalue weighted by Gasteiger charge is 2.46.